The van der Waals surface area contributed by atoms with E-state index < -0.39 is 0 Å². The number of carbonyl (C=O) groups is 1. The second kappa shape index (κ2) is 4.81. The summed E-state index contributed by atoms with van der Waals surface area (Å²) in [4.78, 5) is 11.7. The van der Waals surface area contributed by atoms with Gasteiger partial charge in [-0.25, -0.2) is 0 Å². The van der Waals surface area contributed by atoms with Crippen LogP contribution in [0.2, 0.25) is 15.1 Å². The Kier molecular flexibility index (Phi) is 4.21. The van der Waals surface area contributed by atoms with Gasteiger partial charge in [0.25, 0.3) is 0 Å². The van der Waals surface area contributed by atoms with Gasteiger partial charge in [0.2, 0.25) is 0 Å². The largest absolute Gasteiger partial charge is 0.293 e. The van der Waals surface area contributed by atoms with E-state index in [-0.39, 0.29) is 16.5 Å². The number of carbonyl (C=O) groups excluding carboxylic acids is 1. The maximum absolute atomic E-state index is 11.7. The Morgan fingerprint density at radius 1 is 1.29 bits per heavy atom. The van der Waals surface area contributed by atoms with Crippen LogP contribution >= 0.6 is 44.0 Å². The van der Waals surface area contributed by atoms with Crippen molar-refractivity contribution in [1.82, 2.24) is 0 Å². The average molecular weight is 269 g/mol. The third-order valence-electron chi connectivity index (χ3n) is 1.70. The molecular weight excluding hydrogens is 261 g/mol. The van der Waals surface area contributed by atoms with Crippen molar-refractivity contribution in [1.29, 1.82) is 0 Å². The van der Waals surface area contributed by atoms with Gasteiger partial charge in [-0.1, -0.05) is 41.7 Å². The van der Waals surface area contributed by atoms with E-state index >= 15 is 0 Å². The van der Waals surface area contributed by atoms with Gasteiger partial charge in [0.15, 0.2) is 5.78 Å². The molecule has 0 N–H and O–H groups in total. The molecule has 1 aromatic rings. The van der Waals surface area contributed by atoms with Crippen molar-refractivity contribution in [3.05, 3.63) is 32.8 Å². The number of ketones is 1. The number of rotatable bonds is 2. The molecule has 2 atom stereocenters. The monoisotopic (exact) mass is 268 g/mol. The van der Waals surface area contributed by atoms with E-state index in [2.05, 4.69) is 9.24 Å². The zero-order valence-corrected chi connectivity index (χ0v) is 10.8. The van der Waals surface area contributed by atoms with Crippen molar-refractivity contribution in [2.75, 3.05) is 0 Å². The Morgan fingerprint density at radius 3 is 2.29 bits per heavy atom. The van der Waals surface area contributed by atoms with E-state index in [0.717, 1.165) is 0 Å². The van der Waals surface area contributed by atoms with Crippen LogP contribution in [0.25, 0.3) is 0 Å². The van der Waals surface area contributed by atoms with Gasteiger partial charge in [0.05, 0.1) is 20.6 Å². The van der Waals surface area contributed by atoms with Gasteiger partial charge in [0, 0.05) is 5.66 Å². The first-order chi connectivity index (χ1) is 6.45. The SMILES string of the molecule is CC(P)C(=O)c1c(Cl)ccc(Cl)c1Cl. The fourth-order valence-electron chi connectivity index (χ4n) is 0.981. The summed E-state index contributed by atoms with van der Waals surface area (Å²) in [6.07, 6.45) is 0. The summed E-state index contributed by atoms with van der Waals surface area (Å²) in [5.41, 5.74) is 0.0619. The zero-order chi connectivity index (χ0) is 10.9. The first kappa shape index (κ1) is 12.3. The van der Waals surface area contributed by atoms with Crippen molar-refractivity contribution < 1.29 is 4.79 Å². The van der Waals surface area contributed by atoms with Gasteiger partial charge < -0.3 is 0 Å². The molecule has 0 aliphatic rings. The Balaban J connectivity index is 3.33. The summed E-state index contributed by atoms with van der Waals surface area (Å²) < 4.78 is 0. The van der Waals surface area contributed by atoms with E-state index in [0.29, 0.717) is 15.6 Å². The van der Waals surface area contributed by atoms with Gasteiger partial charge in [0.1, 0.15) is 0 Å². The molecule has 1 nitrogen and oxygen atoms in total. The molecule has 0 aromatic heterocycles. The highest BCUT2D eigenvalue weighted by atomic mass is 35.5. The molecule has 5 heteroatoms. The van der Waals surface area contributed by atoms with E-state index in [1.165, 1.54) is 0 Å². The molecule has 0 aliphatic carbocycles. The zero-order valence-electron chi connectivity index (χ0n) is 7.35. The predicted molar refractivity (Wildman–Crippen MR) is 65.0 cm³/mol. The second-order valence-electron chi connectivity index (χ2n) is 2.87. The number of hydrogen-bond acceptors (Lipinski definition) is 1. The normalized spacial score (nSPS) is 12.6. The van der Waals surface area contributed by atoms with E-state index in [1.54, 1.807) is 19.1 Å². The molecule has 0 radical (unpaired) electrons. The Morgan fingerprint density at radius 2 is 1.79 bits per heavy atom. The lowest BCUT2D eigenvalue weighted by molar-refractivity contribution is 0.0994. The second-order valence-corrected chi connectivity index (χ2v) is 5.06. The highest BCUT2D eigenvalue weighted by Gasteiger charge is 2.19. The first-order valence-corrected chi connectivity index (χ1v) is 5.68. The van der Waals surface area contributed by atoms with Crippen LogP contribution in [0.15, 0.2) is 12.1 Å². The summed E-state index contributed by atoms with van der Waals surface area (Å²) in [7, 11) is 2.40. The maximum Gasteiger partial charge on any atom is 0.172 e. The standard InChI is InChI=1S/C9H8Cl3OP/c1-4(14)9(13)7-5(10)2-3-6(11)8(7)12/h2-4H,14H2,1H3. The summed E-state index contributed by atoms with van der Waals surface area (Å²) in [6.45, 7) is 1.75. The summed E-state index contributed by atoms with van der Waals surface area (Å²) in [5.74, 6) is -0.132. The topological polar surface area (TPSA) is 17.1 Å². The smallest absolute Gasteiger partial charge is 0.172 e. The van der Waals surface area contributed by atoms with Gasteiger partial charge in [-0.3, -0.25) is 4.79 Å². The number of Topliss-reactive ketones (excluding diaryl/α,β-unsaturated/α-hetero) is 1. The van der Waals surface area contributed by atoms with Gasteiger partial charge >= 0.3 is 0 Å². The minimum atomic E-state index is -0.233. The van der Waals surface area contributed by atoms with Crippen LogP contribution in [0.1, 0.15) is 17.3 Å². The van der Waals surface area contributed by atoms with Crippen molar-refractivity contribution in [2.24, 2.45) is 0 Å². The van der Waals surface area contributed by atoms with E-state index in [9.17, 15) is 4.79 Å². The predicted octanol–water partition coefficient (Wildman–Crippen LogP) is 4.09. The lowest BCUT2D eigenvalue weighted by Gasteiger charge is -2.09. The highest BCUT2D eigenvalue weighted by molar-refractivity contribution is 7.19. The molecule has 0 fully saturated rings. The van der Waals surface area contributed by atoms with Crippen LogP contribution < -0.4 is 0 Å². The lowest BCUT2D eigenvalue weighted by Crippen LogP contribution is -2.11. The Labute approximate surface area is 99.9 Å². The number of hydrogen-bond donors (Lipinski definition) is 0. The van der Waals surface area contributed by atoms with E-state index in [4.69, 9.17) is 34.8 Å². The molecular formula is C9H8Cl3OP. The van der Waals surface area contributed by atoms with Crippen LogP contribution in [-0.4, -0.2) is 11.4 Å². The molecule has 76 valence electrons. The van der Waals surface area contributed by atoms with Crippen LogP contribution in [0.4, 0.5) is 0 Å². The van der Waals surface area contributed by atoms with Crippen LogP contribution in [-0.2, 0) is 0 Å². The molecule has 1 aromatic carbocycles. The Bertz CT molecular complexity index is 377. The lowest BCUT2D eigenvalue weighted by atomic mass is 10.1. The molecule has 0 heterocycles. The molecule has 1 rings (SSSR count). The maximum atomic E-state index is 11.7. The molecule has 14 heavy (non-hydrogen) atoms. The van der Waals surface area contributed by atoms with Gasteiger partial charge in [-0.2, -0.15) is 0 Å². The van der Waals surface area contributed by atoms with Gasteiger partial charge in [-0.15, -0.1) is 9.24 Å². The molecule has 2 unspecified atom stereocenters. The van der Waals surface area contributed by atoms with Crippen molar-refractivity contribution in [3.63, 3.8) is 0 Å². The summed E-state index contributed by atoms with van der Waals surface area (Å²) in [6, 6.07) is 3.13. The van der Waals surface area contributed by atoms with Gasteiger partial charge in [-0.05, 0) is 12.1 Å². The van der Waals surface area contributed by atoms with Crippen LogP contribution in [0, 0.1) is 0 Å². The highest BCUT2D eigenvalue weighted by Crippen LogP contribution is 2.32. The first-order valence-electron chi connectivity index (χ1n) is 3.88. The van der Waals surface area contributed by atoms with Crippen molar-refractivity contribution in [2.45, 2.75) is 12.6 Å². The number of benzene rings is 1. The fourth-order valence-corrected chi connectivity index (χ4v) is 1.86. The molecule has 0 saturated carbocycles. The minimum Gasteiger partial charge on any atom is -0.293 e. The third kappa shape index (κ3) is 2.41. The molecule has 0 amide bonds. The minimum absolute atomic E-state index is 0.132. The quantitative estimate of drug-likeness (QED) is 0.449. The van der Waals surface area contributed by atoms with Crippen LogP contribution in [0.5, 0.6) is 0 Å². The molecule has 0 aliphatic heterocycles. The molecule has 0 spiro atoms. The van der Waals surface area contributed by atoms with E-state index in [1.807, 2.05) is 0 Å². The number of halogens is 3. The van der Waals surface area contributed by atoms with Crippen molar-refractivity contribution in [3.8, 4) is 0 Å². The third-order valence-corrected chi connectivity index (χ3v) is 3.13. The van der Waals surface area contributed by atoms with Crippen LogP contribution in [0.3, 0.4) is 0 Å². The summed E-state index contributed by atoms with van der Waals surface area (Å²) in [5, 5.41) is 0.891. The fraction of sp³-hybridized carbons (Fsp3) is 0.222. The Hall–Kier alpha value is 0.190. The molecule has 0 saturated heterocycles. The summed E-state index contributed by atoms with van der Waals surface area (Å²) >= 11 is 17.5. The van der Waals surface area contributed by atoms with Crippen molar-refractivity contribution >= 4 is 49.8 Å². The average Bonchev–Trinajstić information content (AvgIpc) is 2.12. The molecule has 0 bridgehead atoms.